The molecule has 2 amide bonds. The van der Waals surface area contributed by atoms with E-state index >= 15 is 0 Å². The van der Waals surface area contributed by atoms with E-state index in [4.69, 9.17) is 14.6 Å². The van der Waals surface area contributed by atoms with E-state index in [-0.39, 0.29) is 11.8 Å². The highest BCUT2D eigenvalue weighted by Gasteiger charge is 2.40. The van der Waals surface area contributed by atoms with Crippen LogP contribution in [0, 0.1) is 13.8 Å². The van der Waals surface area contributed by atoms with Crippen LogP contribution in [0.1, 0.15) is 92.7 Å². The fourth-order valence-electron chi connectivity index (χ4n) is 6.98. The first-order chi connectivity index (χ1) is 26.6. The van der Waals surface area contributed by atoms with Crippen LogP contribution >= 0.6 is 0 Å². The fraction of sp³-hybridized carbons (Fsp3) is 0.312. The summed E-state index contributed by atoms with van der Waals surface area (Å²) in [5, 5.41) is 2.85. The lowest BCUT2D eigenvalue weighted by Gasteiger charge is -2.35. The van der Waals surface area contributed by atoms with Crippen LogP contribution in [-0.2, 0) is 38.4 Å². The number of hydrogen-bond acceptors (Lipinski definition) is 5. The lowest BCUT2D eigenvalue weighted by atomic mass is 9.80. The predicted molar refractivity (Wildman–Crippen MR) is 223 cm³/mol. The highest BCUT2D eigenvalue weighted by molar-refractivity contribution is 5.85. The molecule has 0 bridgehead atoms. The Morgan fingerprint density at radius 1 is 0.696 bits per heavy atom. The van der Waals surface area contributed by atoms with Crippen molar-refractivity contribution in [1.29, 1.82) is 0 Å². The Labute approximate surface area is 331 Å². The molecular formula is C48H54N4O4. The minimum atomic E-state index is -1.21. The second-order valence-corrected chi connectivity index (χ2v) is 16.6. The van der Waals surface area contributed by atoms with Crippen molar-refractivity contribution in [2.24, 2.45) is 0 Å². The lowest BCUT2D eigenvalue weighted by molar-refractivity contribution is -0.145. The summed E-state index contributed by atoms with van der Waals surface area (Å²) in [6.45, 7) is 16.8. The van der Waals surface area contributed by atoms with Crippen LogP contribution in [0.15, 0.2) is 127 Å². The quantitative estimate of drug-likeness (QED) is 0.0960. The monoisotopic (exact) mass is 750 g/mol. The number of rotatable bonds is 12. The molecule has 2 N–H and O–H groups in total. The van der Waals surface area contributed by atoms with Crippen LogP contribution in [0.25, 0.3) is 11.0 Å². The highest BCUT2D eigenvalue weighted by Crippen LogP contribution is 2.39. The second-order valence-electron chi connectivity index (χ2n) is 16.6. The van der Waals surface area contributed by atoms with Gasteiger partial charge in [0.25, 0.3) is 5.91 Å². The number of amides is 2. The van der Waals surface area contributed by atoms with E-state index < -0.39 is 29.2 Å². The summed E-state index contributed by atoms with van der Waals surface area (Å²) in [6.07, 6.45) is -0.0768. The number of aromatic nitrogens is 2. The molecule has 56 heavy (non-hydrogen) atoms. The number of hydroxylamine groups is 1. The summed E-state index contributed by atoms with van der Waals surface area (Å²) in [4.78, 5) is 39.5. The van der Waals surface area contributed by atoms with Crippen molar-refractivity contribution in [3.05, 3.63) is 172 Å². The van der Waals surface area contributed by atoms with Crippen molar-refractivity contribution in [1.82, 2.24) is 20.3 Å². The SMILES string of the molecule is Cc1cc2nc(CCC(NC(=O)OC(C)(C)C)C(=O)NOC(c3ccccc3)(c3ccccc3)c3ccccc3)n(Cc3ccc(C(C)(C)C)cc3)c2cc1C. The Kier molecular flexibility index (Phi) is 11.8. The number of benzene rings is 5. The second kappa shape index (κ2) is 16.6. The number of aryl methyl sites for hydroxylation is 3. The molecule has 1 aromatic heterocycles. The number of hydrogen-bond donors (Lipinski definition) is 2. The van der Waals surface area contributed by atoms with Gasteiger partial charge in [0.05, 0.1) is 11.0 Å². The molecule has 8 nitrogen and oxygen atoms in total. The predicted octanol–water partition coefficient (Wildman–Crippen LogP) is 9.86. The van der Waals surface area contributed by atoms with Gasteiger partial charge in [-0.3, -0.25) is 9.63 Å². The Morgan fingerprint density at radius 2 is 1.21 bits per heavy atom. The molecule has 5 aromatic carbocycles. The van der Waals surface area contributed by atoms with Gasteiger partial charge in [0.2, 0.25) is 0 Å². The molecule has 1 heterocycles. The van der Waals surface area contributed by atoms with E-state index in [9.17, 15) is 9.59 Å². The zero-order valence-corrected chi connectivity index (χ0v) is 33.9. The van der Waals surface area contributed by atoms with Crippen molar-refractivity contribution < 1.29 is 19.2 Å². The van der Waals surface area contributed by atoms with Crippen molar-refractivity contribution in [3.63, 3.8) is 0 Å². The molecule has 0 aliphatic rings. The molecule has 6 aromatic rings. The van der Waals surface area contributed by atoms with Crippen LogP contribution in [0.5, 0.6) is 0 Å². The Balaban J connectivity index is 1.34. The zero-order chi connectivity index (χ0) is 40.1. The standard InChI is InChI=1S/C48H54N4O4/c1-33-30-41-42(31-34(33)2)52(32-35-24-26-36(27-25-35)46(3,4)5)43(49-41)29-28-40(50-45(54)55-47(6,7)8)44(53)51-56-48(37-18-12-9-13-19-37,38-20-14-10-15-21-38)39-22-16-11-17-23-39/h9-27,30-31,40H,28-29,32H2,1-8H3,(H,50,54)(H,51,53). The zero-order valence-electron chi connectivity index (χ0n) is 33.9. The van der Waals surface area contributed by atoms with Crippen LogP contribution < -0.4 is 10.8 Å². The maximum Gasteiger partial charge on any atom is 0.408 e. The molecule has 1 unspecified atom stereocenters. The molecule has 0 spiro atoms. The molecule has 290 valence electrons. The van der Waals surface area contributed by atoms with Gasteiger partial charge in [-0.1, -0.05) is 136 Å². The molecule has 0 aliphatic heterocycles. The van der Waals surface area contributed by atoms with E-state index in [1.54, 1.807) is 20.8 Å². The van der Waals surface area contributed by atoms with Crippen LogP contribution in [0.3, 0.4) is 0 Å². The van der Waals surface area contributed by atoms with E-state index in [0.717, 1.165) is 44.7 Å². The minimum Gasteiger partial charge on any atom is -0.444 e. The Bertz CT molecular complexity index is 2160. The number of alkyl carbamates (subject to hydrolysis) is 1. The number of carbonyl (C=O) groups is 2. The summed E-state index contributed by atoms with van der Waals surface area (Å²) < 4.78 is 7.86. The van der Waals surface area contributed by atoms with Crippen molar-refractivity contribution in [3.8, 4) is 0 Å². The molecule has 0 fully saturated rings. The summed E-state index contributed by atoms with van der Waals surface area (Å²) in [5.41, 5.74) is 9.99. The van der Waals surface area contributed by atoms with Crippen LogP contribution in [0.4, 0.5) is 4.79 Å². The normalized spacial score (nSPS) is 12.6. The third kappa shape index (κ3) is 9.20. The van der Waals surface area contributed by atoms with Gasteiger partial charge in [-0.15, -0.1) is 0 Å². The summed E-state index contributed by atoms with van der Waals surface area (Å²) in [6, 6.07) is 41.4. The first-order valence-corrected chi connectivity index (χ1v) is 19.3. The molecule has 0 radical (unpaired) electrons. The van der Waals surface area contributed by atoms with E-state index in [2.05, 4.69) is 86.4 Å². The smallest absolute Gasteiger partial charge is 0.408 e. The number of fused-ring (bicyclic) bond motifs is 1. The lowest BCUT2D eigenvalue weighted by Crippen LogP contribution is -2.50. The van der Waals surface area contributed by atoms with Gasteiger partial charge in [-0.2, -0.15) is 0 Å². The first kappa shape index (κ1) is 39.9. The molecule has 6 rings (SSSR count). The van der Waals surface area contributed by atoms with Gasteiger partial charge in [-0.25, -0.2) is 15.3 Å². The number of imidazole rings is 1. The number of ether oxygens (including phenoxy) is 1. The van der Waals surface area contributed by atoms with Crippen LogP contribution in [0.2, 0.25) is 0 Å². The van der Waals surface area contributed by atoms with Gasteiger partial charge in [0.15, 0.2) is 5.60 Å². The van der Waals surface area contributed by atoms with Gasteiger partial charge in [-0.05, 0) is 97.5 Å². The van der Waals surface area contributed by atoms with Crippen molar-refractivity contribution in [2.45, 2.75) is 97.4 Å². The third-order valence-corrected chi connectivity index (χ3v) is 10.1. The molecule has 1 atom stereocenters. The maximum atomic E-state index is 14.4. The average molecular weight is 751 g/mol. The van der Waals surface area contributed by atoms with Crippen molar-refractivity contribution >= 4 is 23.0 Å². The number of nitrogens with one attached hydrogen (secondary N) is 2. The van der Waals surface area contributed by atoms with E-state index in [1.807, 2.05) is 91.0 Å². The number of nitrogens with zero attached hydrogens (tertiary/aromatic N) is 2. The van der Waals surface area contributed by atoms with Crippen molar-refractivity contribution in [2.75, 3.05) is 0 Å². The first-order valence-electron chi connectivity index (χ1n) is 19.3. The van der Waals surface area contributed by atoms with Gasteiger partial charge in [0.1, 0.15) is 17.5 Å². The molecule has 0 aliphatic carbocycles. The molecule has 0 saturated heterocycles. The number of carbonyl (C=O) groups excluding carboxylic acids is 2. The Hall–Kier alpha value is -5.73. The topological polar surface area (TPSA) is 94.5 Å². The minimum absolute atomic E-state index is 0.0451. The van der Waals surface area contributed by atoms with Crippen LogP contribution in [-0.4, -0.2) is 33.2 Å². The van der Waals surface area contributed by atoms with Gasteiger partial charge in [0, 0.05) is 13.0 Å². The third-order valence-electron chi connectivity index (χ3n) is 10.1. The van der Waals surface area contributed by atoms with Gasteiger partial charge < -0.3 is 14.6 Å². The van der Waals surface area contributed by atoms with Gasteiger partial charge >= 0.3 is 6.09 Å². The molecular weight excluding hydrogens is 697 g/mol. The highest BCUT2D eigenvalue weighted by atomic mass is 16.7. The average Bonchev–Trinajstić information content (AvgIpc) is 3.49. The van der Waals surface area contributed by atoms with E-state index in [1.165, 1.54) is 11.1 Å². The summed E-state index contributed by atoms with van der Waals surface area (Å²) >= 11 is 0. The largest absolute Gasteiger partial charge is 0.444 e. The van der Waals surface area contributed by atoms with E-state index in [0.29, 0.717) is 13.0 Å². The maximum absolute atomic E-state index is 14.4. The Morgan fingerprint density at radius 3 is 1.71 bits per heavy atom. The fourth-order valence-corrected chi connectivity index (χ4v) is 6.98. The summed E-state index contributed by atoms with van der Waals surface area (Å²) in [7, 11) is 0. The molecule has 0 saturated carbocycles. The molecule has 8 heteroatoms. The summed E-state index contributed by atoms with van der Waals surface area (Å²) in [5.74, 6) is 0.289.